The average molecular weight is 373 g/mol. The lowest BCUT2D eigenvalue weighted by Gasteiger charge is -2.08. The van der Waals surface area contributed by atoms with Crippen LogP contribution in [0, 0.1) is 0 Å². The van der Waals surface area contributed by atoms with Crippen molar-refractivity contribution in [2.75, 3.05) is 7.11 Å². The van der Waals surface area contributed by atoms with E-state index in [1.54, 1.807) is 17.9 Å². The standard InChI is InChI=1S/C16H13BrN4O2/c1-23-10-2-3-12(17)9(6-10)8-21-13-7-19-15-11(4-5-18-15)14(13)20-16(21)22/h2-7H,8H2,1H3,(H,18,19)(H,20,22). The van der Waals surface area contributed by atoms with Crippen LogP contribution in [0.5, 0.6) is 5.75 Å². The van der Waals surface area contributed by atoms with E-state index < -0.39 is 0 Å². The zero-order valence-electron chi connectivity index (χ0n) is 12.3. The molecule has 3 aromatic heterocycles. The van der Waals surface area contributed by atoms with Crippen molar-refractivity contribution in [1.29, 1.82) is 0 Å². The molecule has 3 heterocycles. The highest BCUT2D eigenvalue weighted by molar-refractivity contribution is 9.10. The van der Waals surface area contributed by atoms with Gasteiger partial charge in [-0.1, -0.05) is 15.9 Å². The van der Waals surface area contributed by atoms with E-state index in [-0.39, 0.29) is 5.69 Å². The highest BCUT2D eigenvalue weighted by atomic mass is 79.9. The summed E-state index contributed by atoms with van der Waals surface area (Å²) in [6.45, 7) is 0.425. The van der Waals surface area contributed by atoms with Gasteiger partial charge in [-0.3, -0.25) is 4.57 Å². The summed E-state index contributed by atoms with van der Waals surface area (Å²) in [6, 6.07) is 7.61. The number of hydrogen-bond acceptors (Lipinski definition) is 3. The first-order valence-electron chi connectivity index (χ1n) is 7.04. The molecule has 0 spiro atoms. The molecule has 0 amide bonds. The fourth-order valence-electron chi connectivity index (χ4n) is 2.74. The molecule has 0 atom stereocenters. The van der Waals surface area contributed by atoms with Crippen molar-refractivity contribution in [2.24, 2.45) is 0 Å². The molecule has 0 aliphatic heterocycles. The van der Waals surface area contributed by atoms with Crippen molar-refractivity contribution in [2.45, 2.75) is 6.54 Å². The maximum atomic E-state index is 12.4. The fraction of sp³-hybridized carbons (Fsp3) is 0.125. The summed E-state index contributed by atoms with van der Waals surface area (Å²) >= 11 is 3.53. The minimum absolute atomic E-state index is 0.162. The van der Waals surface area contributed by atoms with Crippen molar-refractivity contribution in [3.05, 3.63) is 57.2 Å². The van der Waals surface area contributed by atoms with Crippen molar-refractivity contribution >= 4 is 38.0 Å². The normalized spacial score (nSPS) is 11.4. The number of imidazole rings is 1. The molecule has 23 heavy (non-hydrogen) atoms. The first-order chi connectivity index (χ1) is 11.2. The molecule has 0 radical (unpaired) electrons. The van der Waals surface area contributed by atoms with E-state index in [1.807, 2.05) is 30.5 Å². The number of ether oxygens (including phenoxy) is 1. The number of nitrogens with one attached hydrogen (secondary N) is 2. The van der Waals surface area contributed by atoms with E-state index in [2.05, 4.69) is 30.9 Å². The number of methoxy groups -OCH3 is 1. The molecule has 0 aliphatic carbocycles. The Labute approximate surface area is 139 Å². The maximum absolute atomic E-state index is 12.4. The molecule has 0 saturated heterocycles. The molecular formula is C16H13BrN4O2. The van der Waals surface area contributed by atoms with E-state index in [0.29, 0.717) is 6.54 Å². The predicted molar refractivity (Wildman–Crippen MR) is 92.0 cm³/mol. The second-order valence-electron chi connectivity index (χ2n) is 5.23. The van der Waals surface area contributed by atoms with Crippen LogP contribution in [0.1, 0.15) is 5.56 Å². The number of hydrogen-bond donors (Lipinski definition) is 2. The molecule has 1 aromatic carbocycles. The second-order valence-corrected chi connectivity index (χ2v) is 6.09. The van der Waals surface area contributed by atoms with Crippen LogP contribution in [-0.2, 0) is 6.54 Å². The third-order valence-electron chi connectivity index (χ3n) is 3.92. The number of aromatic nitrogens is 4. The smallest absolute Gasteiger partial charge is 0.326 e. The van der Waals surface area contributed by atoms with Crippen molar-refractivity contribution in [1.82, 2.24) is 19.5 Å². The quantitative estimate of drug-likeness (QED) is 0.580. The summed E-state index contributed by atoms with van der Waals surface area (Å²) < 4.78 is 7.86. The molecule has 0 unspecified atom stereocenters. The first-order valence-corrected chi connectivity index (χ1v) is 7.83. The third-order valence-corrected chi connectivity index (χ3v) is 4.69. The van der Waals surface area contributed by atoms with Gasteiger partial charge in [0.2, 0.25) is 0 Å². The minimum Gasteiger partial charge on any atom is -0.497 e. The van der Waals surface area contributed by atoms with Gasteiger partial charge in [-0.05, 0) is 29.8 Å². The van der Waals surface area contributed by atoms with Gasteiger partial charge in [0.15, 0.2) is 0 Å². The van der Waals surface area contributed by atoms with E-state index >= 15 is 0 Å². The molecule has 0 saturated carbocycles. The zero-order chi connectivity index (χ0) is 16.0. The summed E-state index contributed by atoms with van der Waals surface area (Å²) in [4.78, 5) is 22.7. The summed E-state index contributed by atoms with van der Waals surface area (Å²) in [5.74, 6) is 0.752. The van der Waals surface area contributed by atoms with Crippen molar-refractivity contribution < 1.29 is 4.74 Å². The number of rotatable bonds is 3. The number of fused-ring (bicyclic) bond motifs is 3. The lowest BCUT2D eigenvalue weighted by atomic mass is 10.2. The number of pyridine rings is 1. The molecule has 6 nitrogen and oxygen atoms in total. The van der Waals surface area contributed by atoms with Crippen molar-refractivity contribution in [3.63, 3.8) is 0 Å². The van der Waals surface area contributed by atoms with Gasteiger partial charge >= 0.3 is 5.69 Å². The number of H-pyrrole nitrogens is 2. The summed E-state index contributed by atoms with van der Waals surface area (Å²) in [7, 11) is 1.62. The van der Waals surface area contributed by atoms with Crippen LogP contribution in [0.4, 0.5) is 0 Å². The lowest BCUT2D eigenvalue weighted by Crippen LogP contribution is -2.17. The van der Waals surface area contributed by atoms with E-state index in [1.165, 1.54) is 0 Å². The first kappa shape index (κ1) is 14.1. The van der Waals surface area contributed by atoms with Gasteiger partial charge in [0.05, 0.1) is 30.9 Å². The van der Waals surface area contributed by atoms with Gasteiger partial charge in [0, 0.05) is 16.1 Å². The summed E-state index contributed by atoms with van der Waals surface area (Å²) in [5.41, 5.74) is 3.12. The number of halogens is 1. The van der Waals surface area contributed by atoms with Gasteiger partial charge in [0.25, 0.3) is 0 Å². The van der Waals surface area contributed by atoms with Gasteiger partial charge in [-0.25, -0.2) is 9.78 Å². The van der Waals surface area contributed by atoms with Crippen LogP contribution in [-0.4, -0.2) is 26.6 Å². The highest BCUT2D eigenvalue weighted by Gasteiger charge is 2.13. The summed E-state index contributed by atoms with van der Waals surface area (Å²) in [5, 5.41) is 0.906. The molecule has 0 bridgehead atoms. The van der Waals surface area contributed by atoms with Gasteiger partial charge < -0.3 is 14.7 Å². The molecular weight excluding hydrogens is 360 g/mol. The Morgan fingerprint density at radius 2 is 2.22 bits per heavy atom. The average Bonchev–Trinajstić information content (AvgIpc) is 3.14. The van der Waals surface area contributed by atoms with E-state index in [4.69, 9.17) is 4.74 Å². The molecule has 116 valence electrons. The van der Waals surface area contributed by atoms with Crippen LogP contribution in [0.2, 0.25) is 0 Å². The Bertz CT molecular complexity index is 1080. The van der Waals surface area contributed by atoms with Gasteiger partial charge in [-0.15, -0.1) is 0 Å². The van der Waals surface area contributed by atoms with Crippen LogP contribution in [0.15, 0.2) is 45.9 Å². The topological polar surface area (TPSA) is 75.7 Å². The Morgan fingerprint density at radius 1 is 1.35 bits per heavy atom. The Kier molecular flexibility index (Phi) is 3.23. The van der Waals surface area contributed by atoms with E-state index in [0.717, 1.165) is 37.9 Å². The fourth-order valence-corrected chi connectivity index (χ4v) is 3.12. The molecule has 0 aliphatic rings. The predicted octanol–water partition coefficient (Wildman–Crippen LogP) is 3.03. The minimum atomic E-state index is -0.162. The molecule has 0 fully saturated rings. The van der Waals surface area contributed by atoms with Crippen molar-refractivity contribution in [3.8, 4) is 5.75 Å². The molecule has 4 aromatic rings. The second kappa shape index (κ2) is 5.27. The number of nitrogens with zero attached hydrogens (tertiary/aromatic N) is 2. The van der Waals surface area contributed by atoms with Crippen LogP contribution in [0.25, 0.3) is 22.1 Å². The van der Waals surface area contributed by atoms with Gasteiger partial charge in [0.1, 0.15) is 11.4 Å². The summed E-state index contributed by atoms with van der Waals surface area (Å²) in [6.07, 6.45) is 3.52. The van der Waals surface area contributed by atoms with E-state index in [9.17, 15) is 4.79 Å². The molecule has 2 N–H and O–H groups in total. The zero-order valence-corrected chi connectivity index (χ0v) is 13.8. The Morgan fingerprint density at radius 3 is 3.04 bits per heavy atom. The lowest BCUT2D eigenvalue weighted by molar-refractivity contribution is 0.414. The van der Waals surface area contributed by atoms with Gasteiger partial charge in [-0.2, -0.15) is 0 Å². The van der Waals surface area contributed by atoms with Crippen LogP contribution >= 0.6 is 15.9 Å². The number of benzene rings is 1. The Balaban J connectivity index is 1.89. The highest BCUT2D eigenvalue weighted by Crippen LogP contribution is 2.25. The third kappa shape index (κ3) is 2.24. The van der Waals surface area contributed by atoms with Crippen LogP contribution < -0.4 is 10.4 Å². The Hall–Kier alpha value is -2.54. The SMILES string of the molecule is COc1ccc(Br)c(Cn2c(=O)[nH]c3c4cc[nH]c4ncc32)c1. The molecule has 4 rings (SSSR count). The largest absolute Gasteiger partial charge is 0.497 e. The molecule has 7 heteroatoms. The van der Waals surface area contributed by atoms with Crippen LogP contribution in [0.3, 0.4) is 0 Å². The number of aromatic amines is 2. The monoisotopic (exact) mass is 372 g/mol. The maximum Gasteiger partial charge on any atom is 0.326 e.